The number of benzene rings is 1. The molecule has 5 nitrogen and oxygen atoms in total. The van der Waals surface area contributed by atoms with E-state index in [0.717, 1.165) is 48.6 Å². The fourth-order valence-corrected chi connectivity index (χ4v) is 6.80. The summed E-state index contributed by atoms with van der Waals surface area (Å²) in [5.41, 5.74) is 1.50. The largest absolute Gasteiger partial charge is 0.393 e. The quantitative estimate of drug-likeness (QED) is 0.872. The zero-order valence-electron chi connectivity index (χ0n) is 15.8. The van der Waals surface area contributed by atoms with Gasteiger partial charge in [0.25, 0.3) is 0 Å². The van der Waals surface area contributed by atoms with E-state index in [2.05, 4.69) is 11.9 Å². The third-order valence-corrected chi connectivity index (χ3v) is 8.12. The van der Waals surface area contributed by atoms with E-state index >= 15 is 0 Å². The van der Waals surface area contributed by atoms with E-state index in [4.69, 9.17) is 0 Å². The second-order valence-electron chi connectivity index (χ2n) is 8.22. The third-order valence-electron chi connectivity index (χ3n) is 6.28. The van der Waals surface area contributed by atoms with Crippen LogP contribution in [-0.2, 0) is 15.8 Å². The molecule has 4 atom stereocenters. The molecule has 2 fully saturated rings. The molecule has 0 amide bonds. The lowest BCUT2D eigenvalue weighted by Gasteiger charge is -2.38. The molecule has 146 valence electrons. The number of nitrogens with zero attached hydrogens (tertiary/aromatic N) is 2. The fraction of sp³-hybridized carbons (Fsp3) is 0.571. The van der Waals surface area contributed by atoms with Crippen LogP contribution in [0.3, 0.4) is 0 Å². The molecular weight excluding hydrogens is 360 g/mol. The first-order valence-corrected chi connectivity index (χ1v) is 11.6. The maximum absolute atomic E-state index is 13.3. The number of hydrogen-bond acceptors (Lipinski definition) is 4. The van der Waals surface area contributed by atoms with Gasteiger partial charge in [0.05, 0.1) is 17.4 Å². The number of fused-ring (bicyclic) bond motifs is 1. The molecular formula is C21H28N2O3S. The van der Waals surface area contributed by atoms with Crippen LogP contribution in [0.2, 0.25) is 0 Å². The molecule has 1 saturated heterocycles. The predicted molar refractivity (Wildman–Crippen MR) is 107 cm³/mol. The van der Waals surface area contributed by atoms with Gasteiger partial charge in [-0.15, -0.1) is 0 Å². The summed E-state index contributed by atoms with van der Waals surface area (Å²) in [7, 11) is -3.46. The van der Waals surface area contributed by atoms with Gasteiger partial charge in [-0.3, -0.25) is 4.98 Å². The smallest absolute Gasteiger partial charge is 0.218 e. The van der Waals surface area contributed by atoms with Gasteiger partial charge in [0.15, 0.2) is 0 Å². The summed E-state index contributed by atoms with van der Waals surface area (Å²) in [6.07, 6.45) is 5.75. The Hall–Kier alpha value is -1.50. The molecule has 27 heavy (non-hydrogen) atoms. The number of rotatable bonds is 4. The first kappa shape index (κ1) is 18.8. The maximum Gasteiger partial charge on any atom is 0.218 e. The lowest BCUT2D eigenvalue weighted by molar-refractivity contribution is 0.0222. The molecule has 1 aliphatic heterocycles. The molecule has 1 saturated carbocycles. The summed E-state index contributed by atoms with van der Waals surface area (Å²) in [5, 5.41) is 11.5. The fourth-order valence-electron chi connectivity index (χ4n) is 4.92. The molecule has 6 heteroatoms. The molecule has 1 aliphatic carbocycles. The molecule has 2 heterocycles. The van der Waals surface area contributed by atoms with Crippen LogP contribution in [0.25, 0.3) is 10.9 Å². The molecule has 0 bridgehead atoms. The highest BCUT2D eigenvalue weighted by Crippen LogP contribution is 2.38. The highest BCUT2D eigenvalue weighted by Gasteiger charge is 2.43. The Labute approximate surface area is 161 Å². The zero-order chi connectivity index (χ0) is 19.0. The summed E-state index contributed by atoms with van der Waals surface area (Å²) < 4.78 is 28.3. The normalized spacial score (nSPS) is 30.0. The Morgan fingerprint density at radius 2 is 2.00 bits per heavy atom. The predicted octanol–water partition coefficient (Wildman–Crippen LogP) is 3.33. The van der Waals surface area contributed by atoms with Gasteiger partial charge in [0.2, 0.25) is 10.0 Å². The number of hydrogen-bond donors (Lipinski definition) is 1. The van der Waals surface area contributed by atoms with E-state index in [1.807, 2.05) is 30.3 Å². The van der Waals surface area contributed by atoms with Crippen molar-refractivity contribution >= 4 is 20.9 Å². The molecule has 2 aromatic rings. The van der Waals surface area contributed by atoms with E-state index in [1.165, 1.54) is 0 Å². The molecule has 1 aromatic heterocycles. The van der Waals surface area contributed by atoms with Crippen molar-refractivity contribution in [1.29, 1.82) is 0 Å². The molecule has 2 aliphatic rings. The van der Waals surface area contributed by atoms with E-state index in [9.17, 15) is 13.5 Å². The van der Waals surface area contributed by atoms with Gasteiger partial charge in [-0.1, -0.05) is 31.2 Å². The van der Waals surface area contributed by atoms with E-state index in [-0.39, 0.29) is 23.8 Å². The average molecular weight is 389 g/mol. The van der Waals surface area contributed by atoms with Crippen LogP contribution in [0, 0.1) is 11.8 Å². The van der Waals surface area contributed by atoms with Gasteiger partial charge in [-0.25, -0.2) is 8.42 Å². The number of aliphatic hydroxyl groups is 1. The molecule has 0 radical (unpaired) electrons. The summed E-state index contributed by atoms with van der Waals surface area (Å²) in [6.45, 7) is 2.76. The van der Waals surface area contributed by atoms with Gasteiger partial charge in [0.1, 0.15) is 0 Å². The van der Waals surface area contributed by atoms with Crippen molar-refractivity contribution in [3.63, 3.8) is 0 Å². The van der Waals surface area contributed by atoms with Crippen molar-refractivity contribution < 1.29 is 13.5 Å². The van der Waals surface area contributed by atoms with Gasteiger partial charge < -0.3 is 5.11 Å². The van der Waals surface area contributed by atoms with Gasteiger partial charge in [-0.2, -0.15) is 4.31 Å². The summed E-state index contributed by atoms with van der Waals surface area (Å²) in [5.74, 6) is 0.568. The van der Waals surface area contributed by atoms with Crippen LogP contribution in [0.1, 0.15) is 44.6 Å². The Bertz CT molecular complexity index is 909. The van der Waals surface area contributed by atoms with E-state index in [1.54, 1.807) is 10.5 Å². The minimum atomic E-state index is -3.46. The Kier molecular flexibility index (Phi) is 5.23. The number of para-hydroxylation sites is 1. The van der Waals surface area contributed by atoms with Crippen LogP contribution in [0.15, 0.2) is 36.5 Å². The van der Waals surface area contributed by atoms with Crippen LogP contribution >= 0.6 is 0 Å². The lowest BCUT2D eigenvalue weighted by Crippen LogP contribution is -2.46. The molecule has 4 rings (SSSR count). The minimum absolute atomic E-state index is 0.0315. The monoisotopic (exact) mass is 388 g/mol. The molecule has 0 spiro atoms. The van der Waals surface area contributed by atoms with E-state index in [0.29, 0.717) is 12.5 Å². The SMILES string of the molecule is CC1CCC(O)C(C2CCCN2S(=O)(=O)Cc2cccc3cccnc23)C1. The number of aliphatic hydroxyl groups excluding tert-OH is 1. The van der Waals surface area contributed by atoms with Crippen LogP contribution in [0.4, 0.5) is 0 Å². The van der Waals surface area contributed by atoms with Crippen molar-refractivity contribution in [1.82, 2.24) is 9.29 Å². The first-order chi connectivity index (χ1) is 13.0. The highest BCUT2D eigenvalue weighted by molar-refractivity contribution is 7.88. The van der Waals surface area contributed by atoms with Crippen molar-refractivity contribution in [2.75, 3.05) is 6.54 Å². The van der Waals surface area contributed by atoms with Crippen molar-refractivity contribution in [3.05, 3.63) is 42.1 Å². The Balaban J connectivity index is 1.60. The highest BCUT2D eigenvalue weighted by atomic mass is 32.2. The summed E-state index contributed by atoms with van der Waals surface area (Å²) in [4.78, 5) is 4.40. The molecule has 1 N–H and O–H groups in total. The van der Waals surface area contributed by atoms with Crippen LogP contribution in [-0.4, -0.2) is 41.5 Å². The second-order valence-corrected chi connectivity index (χ2v) is 10.1. The van der Waals surface area contributed by atoms with Crippen molar-refractivity contribution in [3.8, 4) is 0 Å². The summed E-state index contributed by atoms with van der Waals surface area (Å²) >= 11 is 0. The molecule has 4 unspecified atom stereocenters. The van der Waals surface area contributed by atoms with Crippen molar-refractivity contribution in [2.24, 2.45) is 11.8 Å². The first-order valence-electron chi connectivity index (χ1n) is 9.96. The molecule has 1 aromatic carbocycles. The van der Waals surface area contributed by atoms with Gasteiger partial charge in [0, 0.05) is 30.1 Å². The second kappa shape index (κ2) is 7.49. The van der Waals surface area contributed by atoms with Gasteiger partial charge in [-0.05, 0) is 49.7 Å². The number of sulfonamides is 1. The van der Waals surface area contributed by atoms with Crippen LogP contribution in [0.5, 0.6) is 0 Å². The lowest BCUT2D eigenvalue weighted by atomic mass is 9.76. The van der Waals surface area contributed by atoms with Crippen molar-refractivity contribution in [2.45, 2.75) is 56.9 Å². The maximum atomic E-state index is 13.3. The summed E-state index contributed by atoms with van der Waals surface area (Å²) in [6, 6.07) is 9.45. The Morgan fingerprint density at radius 1 is 1.19 bits per heavy atom. The standard InChI is InChI=1S/C21H28N2O3S/c1-15-9-10-20(24)18(13-15)19-8-4-12-23(19)27(25,26)14-17-6-2-5-16-7-3-11-22-21(16)17/h2-3,5-7,11,15,18-20,24H,4,8-10,12-14H2,1H3. The third kappa shape index (κ3) is 3.75. The Morgan fingerprint density at radius 3 is 2.85 bits per heavy atom. The number of aromatic nitrogens is 1. The van der Waals surface area contributed by atoms with Gasteiger partial charge >= 0.3 is 0 Å². The van der Waals surface area contributed by atoms with E-state index < -0.39 is 10.0 Å². The number of pyridine rings is 1. The topological polar surface area (TPSA) is 70.5 Å². The zero-order valence-corrected chi connectivity index (χ0v) is 16.6. The average Bonchev–Trinajstić information content (AvgIpc) is 3.14. The minimum Gasteiger partial charge on any atom is -0.393 e. The van der Waals surface area contributed by atoms with Crippen LogP contribution < -0.4 is 0 Å².